The molecule has 0 radical (unpaired) electrons. The maximum absolute atomic E-state index is 12.9. The summed E-state index contributed by atoms with van der Waals surface area (Å²) < 4.78 is 49.7. The van der Waals surface area contributed by atoms with Crippen LogP contribution in [0.3, 0.4) is 0 Å². The van der Waals surface area contributed by atoms with Crippen LogP contribution < -0.4 is 4.74 Å². The van der Waals surface area contributed by atoms with Crippen molar-refractivity contribution in [3.05, 3.63) is 27.3 Å². The summed E-state index contributed by atoms with van der Waals surface area (Å²) in [6, 6.07) is 3.99. The molecule has 1 aromatic carbocycles. The van der Waals surface area contributed by atoms with Crippen LogP contribution in [-0.2, 0) is 10.9 Å². The van der Waals surface area contributed by atoms with Gasteiger partial charge in [-0.05, 0) is 47.6 Å². The van der Waals surface area contributed by atoms with Crippen molar-refractivity contribution in [3.8, 4) is 5.75 Å². The minimum absolute atomic E-state index is 0.127. The molecule has 1 aliphatic heterocycles. The highest BCUT2D eigenvalue weighted by Crippen LogP contribution is 2.39. The number of ether oxygens (including phenoxy) is 2. The fourth-order valence-electron chi connectivity index (χ4n) is 1.79. The lowest BCUT2D eigenvalue weighted by molar-refractivity contribution is -0.145. The summed E-state index contributed by atoms with van der Waals surface area (Å²) in [6.07, 6.45) is -2.52. The third kappa shape index (κ3) is 3.28. The highest BCUT2D eigenvalue weighted by molar-refractivity contribution is 14.1. The molecule has 100 valence electrons. The van der Waals surface area contributed by atoms with Gasteiger partial charge in [-0.15, -0.1) is 0 Å². The Labute approximate surface area is 117 Å². The van der Waals surface area contributed by atoms with E-state index in [2.05, 4.69) is 0 Å². The van der Waals surface area contributed by atoms with E-state index in [0.29, 0.717) is 16.6 Å². The third-order valence-corrected chi connectivity index (χ3v) is 3.51. The Bertz CT molecular complexity index is 414. The normalized spacial score (nSPS) is 20.8. The lowest BCUT2D eigenvalue weighted by Crippen LogP contribution is -2.26. The molecule has 0 saturated carbocycles. The van der Waals surface area contributed by atoms with Gasteiger partial charge in [-0.3, -0.25) is 0 Å². The van der Waals surface area contributed by atoms with Crippen LogP contribution in [0.2, 0.25) is 0 Å². The van der Waals surface area contributed by atoms with Crippen LogP contribution >= 0.6 is 22.6 Å². The van der Waals surface area contributed by atoms with E-state index in [-0.39, 0.29) is 5.75 Å². The average Bonchev–Trinajstić information content (AvgIpc) is 2.32. The van der Waals surface area contributed by atoms with Crippen LogP contribution in [0, 0.1) is 3.57 Å². The quantitative estimate of drug-likeness (QED) is 0.724. The van der Waals surface area contributed by atoms with E-state index in [1.807, 2.05) is 22.6 Å². The molecule has 18 heavy (non-hydrogen) atoms. The largest absolute Gasteiger partial charge is 0.463 e. The Morgan fingerprint density at radius 1 is 1.28 bits per heavy atom. The molecule has 1 aliphatic rings. The van der Waals surface area contributed by atoms with Gasteiger partial charge >= 0.3 is 6.18 Å². The zero-order valence-corrected chi connectivity index (χ0v) is 11.6. The van der Waals surface area contributed by atoms with Gasteiger partial charge in [0.15, 0.2) is 6.29 Å². The zero-order valence-electron chi connectivity index (χ0n) is 9.47. The van der Waals surface area contributed by atoms with E-state index in [0.717, 1.165) is 18.9 Å². The second-order valence-corrected chi connectivity index (χ2v) is 5.19. The standard InChI is InChI=1S/C12H12F3IO2/c13-12(14,15)8-4-3-5-9(16)11(8)18-10-6-1-2-7-17-10/h3-5,10H,1-2,6-7H2. The van der Waals surface area contributed by atoms with Gasteiger partial charge < -0.3 is 9.47 Å². The van der Waals surface area contributed by atoms with E-state index in [1.54, 1.807) is 6.07 Å². The Morgan fingerprint density at radius 3 is 2.67 bits per heavy atom. The van der Waals surface area contributed by atoms with Crippen molar-refractivity contribution in [1.29, 1.82) is 0 Å². The number of alkyl halides is 3. The molecule has 1 aromatic rings. The second-order valence-electron chi connectivity index (χ2n) is 4.03. The van der Waals surface area contributed by atoms with Crippen LogP contribution in [-0.4, -0.2) is 12.9 Å². The summed E-state index contributed by atoms with van der Waals surface area (Å²) in [5, 5.41) is 0. The highest BCUT2D eigenvalue weighted by atomic mass is 127. The lowest BCUT2D eigenvalue weighted by Gasteiger charge is -2.25. The number of para-hydroxylation sites is 1. The molecule has 1 saturated heterocycles. The predicted octanol–water partition coefficient (Wildman–Crippen LogP) is 4.22. The van der Waals surface area contributed by atoms with Gasteiger partial charge in [0.2, 0.25) is 0 Å². The number of rotatable bonds is 2. The topological polar surface area (TPSA) is 18.5 Å². The number of hydrogen-bond acceptors (Lipinski definition) is 2. The van der Waals surface area contributed by atoms with Crippen LogP contribution in [0.4, 0.5) is 13.2 Å². The molecule has 0 amide bonds. The molecule has 0 bridgehead atoms. The van der Waals surface area contributed by atoms with E-state index in [4.69, 9.17) is 9.47 Å². The highest BCUT2D eigenvalue weighted by Gasteiger charge is 2.36. The Kier molecular flexibility index (Phi) is 4.37. The summed E-state index contributed by atoms with van der Waals surface area (Å²) >= 11 is 1.84. The molecule has 1 fully saturated rings. The monoisotopic (exact) mass is 372 g/mol. The average molecular weight is 372 g/mol. The molecule has 1 atom stereocenters. The van der Waals surface area contributed by atoms with Gasteiger partial charge in [0.05, 0.1) is 15.7 Å². The molecule has 1 heterocycles. The molecule has 0 N–H and O–H groups in total. The Balaban J connectivity index is 2.25. The number of halogens is 4. The first-order valence-electron chi connectivity index (χ1n) is 5.62. The summed E-state index contributed by atoms with van der Waals surface area (Å²) in [5.74, 6) is -0.127. The Hall–Kier alpha value is -0.500. The van der Waals surface area contributed by atoms with E-state index >= 15 is 0 Å². The molecular weight excluding hydrogens is 360 g/mol. The van der Waals surface area contributed by atoms with Gasteiger partial charge in [-0.2, -0.15) is 13.2 Å². The minimum Gasteiger partial charge on any atom is -0.463 e. The van der Waals surface area contributed by atoms with Gasteiger partial charge in [0, 0.05) is 6.42 Å². The Morgan fingerprint density at radius 2 is 2.06 bits per heavy atom. The van der Waals surface area contributed by atoms with E-state index in [1.165, 1.54) is 6.07 Å². The SMILES string of the molecule is FC(F)(F)c1cccc(I)c1OC1CCCCO1. The predicted molar refractivity (Wildman–Crippen MR) is 68.4 cm³/mol. The van der Waals surface area contributed by atoms with E-state index in [9.17, 15) is 13.2 Å². The van der Waals surface area contributed by atoms with E-state index < -0.39 is 18.0 Å². The number of hydrogen-bond donors (Lipinski definition) is 0. The summed E-state index contributed by atoms with van der Waals surface area (Å²) in [4.78, 5) is 0. The van der Waals surface area contributed by atoms with Crippen LogP contribution in [0.15, 0.2) is 18.2 Å². The molecule has 6 heteroatoms. The maximum atomic E-state index is 12.9. The maximum Gasteiger partial charge on any atom is 0.420 e. The molecule has 0 aromatic heterocycles. The summed E-state index contributed by atoms with van der Waals surface area (Å²) in [5.41, 5.74) is -0.747. The van der Waals surface area contributed by atoms with Gasteiger partial charge in [0.25, 0.3) is 0 Å². The first-order valence-corrected chi connectivity index (χ1v) is 6.70. The van der Waals surface area contributed by atoms with Crippen molar-refractivity contribution in [2.24, 2.45) is 0 Å². The first-order chi connectivity index (χ1) is 8.48. The zero-order chi connectivity index (χ0) is 13.2. The summed E-state index contributed by atoms with van der Waals surface area (Å²) in [7, 11) is 0. The van der Waals surface area contributed by atoms with Crippen LogP contribution in [0.1, 0.15) is 24.8 Å². The van der Waals surface area contributed by atoms with Gasteiger partial charge in [0.1, 0.15) is 5.75 Å². The first kappa shape index (κ1) is 13.9. The molecule has 1 unspecified atom stereocenters. The molecule has 0 aliphatic carbocycles. The molecular formula is C12H12F3IO2. The van der Waals surface area contributed by atoms with Crippen molar-refractivity contribution >= 4 is 22.6 Å². The van der Waals surface area contributed by atoms with Crippen LogP contribution in [0.5, 0.6) is 5.75 Å². The second kappa shape index (κ2) is 5.64. The van der Waals surface area contributed by atoms with Crippen molar-refractivity contribution < 1.29 is 22.6 Å². The smallest absolute Gasteiger partial charge is 0.420 e. The fraction of sp³-hybridized carbons (Fsp3) is 0.500. The molecule has 0 spiro atoms. The van der Waals surface area contributed by atoms with Crippen molar-refractivity contribution in [3.63, 3.8) is 0 Å². The van der Waals surface area contributed by atoms with Gasteiger partial charge in [-0.1, -0.05) is 6.07 Å². The van der Waals surface area contributed by atoms with Gasteiger partial charge in [-0.25, -0.2) is 0 Å². The molecule has 2 nitrogen and oxygen atoms in total. The van der Waals surface area contributed by atoms with Crippen LogP contribution in [0.25, 0.3) is 0 Å². The molecule has 2 rings (SSSR count). The fourth-order valence-corrected chi connectivity index (χ4v) is 2.41. The van der Waals surface area contributed by atoms with Crippen molar-refractivity contribution in [2.45, 2.75) is 31.7 Å². The minimum atomic E-state index is -4.41. The van der Waals surface area contributed by atoms with Crippen molar-refractivity contribution in [2.75, 3.05) is 6.61 Å². The third-order valence-electron chi connectivity index (χ3n) is 2.66. The number of benzene rings is 1. The lowest BCUT2D eigenvalue weighted by atomic mass is 10.2. The van der Waals surface area contributed by atoms with Crippen molar-refractivity contribution in [1.82, 2.24) is 0 Å². The summed E-state index contributed by atoms with van der Waals surface area (Å²) in [6.45, 7) is 0.537.